The molecule has 1 nitrogen and oxygen atoms in total. The zero-order valence-corrected chi connectivity index (χ0v) is 8.28. The molecule has 1 aromatic rings. The van der Waals surface area contributed by atoms with E-state index in [4.69, 9.17) is 11.6 Å². The number of aryl methyl sites for hydroxylation is 1. The van der Waals surface area contributed by atoms with Gasteiger partial charge < -0.3 is 0 Å². The average molecular weight is 224 g/mol. The van der Waals surface area contributed by atoms with Crippen molar-refractivity contribution in [2.24, 2.45) is 0 Å². The van der Waals surface area contributed by atoms with Crippen LogP contribution in [0.25, 0.3) is 0 Å². The highest BCUT2D eigenvalue weighted by Gasteiger charge is 2.31. The van der Waals surface area contributed by atoms with E-state index in [9.17, 15) is 13.2 Å². The van der Waals surface area contributed by atoms with Crippen LogP contribution in [0, 0.1) is 0 Å². The maximum Gasteiger partial charge on any atom is 0.417 e. The summed E-state index contributed by atoms with van der Waals surface area (Å²) in [5, 5.41) is 0. The van der Waals surface area contributed by atoms with Crippen molar-refractivity contribution in [1.82, 2.24) is 4.98 Å². The van der Waals surface area contributed by atoms with Crippen molar-refractivity contribution in [3.63, 3.8) is 0 Å². The average Bonchev–Trinajstić information content (AvgIpc) is 2.15. The Morgan fingerprint density at radius 3 is 2.50 bits per heavy atom. The Morgan fingerprint density at radius 2 is 2.07 bits per heavy atom. The number of pyridine rings is 1. The van der Waals surface area contributed by atoms with Crippen LogP contribution in [-0.4, -0.2) is 4.98 Å². The van der Waals surface area contributed by atoms with Crippen molar-refractivity contribution >= 4 is 11.6 Å². The first-order chi connectivity index (χ1) is 6.49. The summed E-state index contributed by atoms with van der Waals surface area (Å²) < 4.78 is 36.8. The zero-order chi connectivity index (χ0) is 10.8. The summed E-state index contributed by atoms with van der Waals surface area (Å²) in [6.45, 7) is 1.83. The predicted molar refractivity (Wildman–Crippen MR) is 48.2 cm³/mol. The van der Waals surface area contributed by atoms with Crippen molar-refractivity contribution in [2.45, 2.75) is 25.4 Å². The summed E-state index contributed by atoms with van der Waals surface area (Å²) in [7, 11) is 0. The molecular weight excluding hydrogens is 215 g/mol. The second-order valence-corrected chi connectivity index (χ2v) is 3.08. The molecule has 0 fully saturated rings. The quantitative estimate of drug-likeness (QED) is 0.701. The molecule has 0 aliphatic carbocycles. The second-order valence-electron chi connectivity index (χ2n) is 2.81. The lowest BCUT2D eigenvalue weighted by Crippen LogP contribution is -2.08. The third kappa shape index (κ3) is 2.38. The number of hydrogen-bond donors (Lipinski definition) is 0. The minimum Gasteiger partial charge on any atom is -0.260 e. The number of nitrogens with zero attached hydrogens (tertiary/aromatic N) is 1. The fourth-order valence-corrected chi connectivity index (χ4v) is 1.36. The van der Waals surface area contributed by atoms with E-state index in [1.54, 1.807) is 0 Å². The van der Waals surface area contributed by atoms with Crippen LogP contribution in [-0.2, 0) is 18.5 Å². The van der Waals surface area contributed by atoms with Gasteiger partial charge in [-0.25, -0.2) is 0 Å². The predicted octanol–water partition coefficient (Wildman–Crippen LogP) is 3.40. The Kier molecular flexibility index (Phi) is 3.37. The van der Waals surface area contributed by atoms with Crippen molar-refractivity contribution in [1.29, 1.82) is 0 Å². The molecule has 0 saturated heterocycles. The van der Waals surface area contributed by atoms with Crippen LogP contribution in [0.2, 0.25) is 0 Å². The molecule has 1 rings (SSSR count). The molecule has 0 atom stereocenters. The van der Waals surface area contributed by atoms with E-state index in [0.29, 0.717) is 17.7 Å². The van der Waals surface area contributed by atoms with Crippen LogP contribution in [0.1, 0.15) is 23.7 Å². The van der Waals surface area contributed by atoms with Crippen molar-refractivity contribution in [3.05, 3.63) is 29.1 Å². The molecule has 1 heterocycles. The first-order valence-corrected chi connectivity index (χ1v) is 4.63. The summed E-state index contributed by atoms with van der Waals surface area (Å²) in [5.74, 6) is 0.0556. The standard InChI is InChI=1S/C9H9ClF3N/c1-2-8-6(4-10)3-7(5-14-8)9(11,12)13/h3,5H,2,4H2,1H3. The topological polar surface area (TPSA) is 12.9 Å². The number of hydrogen-bond acceptors (Lipinski definition) is 1. The summed E-state index contributed by atoms with van der Waals surface area (Å²) in [4.78, 5) is 3.73. The van der Waals surface area contributed by atoms with Gasteiger partial charge in [0.15, 0.2) is 0 Å². The highest BCUT2D eigenvalue weighted by atomic mass is 35.5. The van der Waals surface area contributed by atoms with Crippen molar-refractivity contribution in [3.8, 4) is 0 Å². The molecule has 14 heavy (non-hydrogen) atoms. The van der Waals surface area contributed by atoms with Crippen LogP contribution in [0.4, 0.5) is 13.2 Å². The molecule has 0 saturated carbocycles. The fourth-order valence-electron chi connectivity index (χ4n) is 1.13. The SMILES string of the molecule is CCc1ncc(C(F)(F)F)cc1CCl. The van der Waals surface area contributed by atoms with Gasteiger partial charge in [0.25, 0.3) is 0 Å². The van der Waals surface area contributed by atoms with E-state index in [0.717, 1.165) is 12.3 Å². The second kappa shape index (κ2) is 4.17. The van der Waals surface area contributed by atoms with Crippen LogP contribution >= 0.6 is 11.6 Å². The molecule has 0 aromatic carbocycles. The number of aromatic nitrogens is 1. The summed E-state index contributed by atoms with van der Waals surface area (Å²) in [6.07, 6.45) is -2.92. The zero-order valence-electron chi connectivity index (χ0n) is 7.53. The van der Waals surface area contributed by atoms with E-state index < -0.39 is 11.7 Å². The van der Waals surface area contributed by atoms with Gasteiger partial charge in [0, 0.05) is 17.8 Å². The smallest absolute Gasteiger partial charge is 0.260 e. The Labute approximate surface area is 84.9 Å². The Balaban J connectivity index is 3.14. The summed E-state index contributed by atoms with van der Waals surface area (Å²) >= 11 is 5.53. The minimum absolute atomic E-state index is 0.0556. The van der Waals surface area contributed by atoms with E-state index in [1.165, 1.54) is 0 Å². The van der Waals surface area contributed by atoms with E-state index in [1.807, 2.05) is 6.92 Å². The van der Waals surface area contributed by atoms with Crippen LogP contribution in [0.3, 0.4) is 0 Å². The fraction of sp³-hybridized carbons (Fsp3) is 0.444. The number of alkyl halides is 4. The van der Waals surface area contributed by atoms with Crippen LogP contribution in [0.5, 0.6) is 0 Å². The van der Waals surface area contributed by atoms with Gasteiger partial charge in [-0.2, -0.15) is 13.2 Å². The minimum atomic E-state index is -4.35. The molecule has 0 radical (unpaired) electrons. The third-order valence-corrected chi connectivity index (χ3v) is 2.15. The van der Waals surface area contributed by atoms with Gasteiger partial charge in [0.1, 0.15) is 0 Å². The van der Waals surface area contributed by atoms with Gasteiger partial charge >= 0.3 is 6.18 Å². The lowest BCUT2D eigenvalue weighted by molar-refractivity contribution is -0.137. The Hall–Kier alpha value is -0.770. The van der Waals surface area contributed by atoms with Crippen molar-refractivity contribution in [2.75, 3.05) is 0 Å². The van der Waals surface area contributed by atoms with E-state index in [2.05, 4.69) is 4.98 Å². The molecule has 0 N–H and O–H groups in total. The molecule has 5 heteroatoms. The molecule has 0 aliphatic rings. The van der Waals surface area contributed by atoms with Crippen molar-refractivity contribution < 1.29 is 13.2 Å². The van der Waals surface area contributed by atoms with Gasteiger partial charge in [-0.05, 0) is 18.1 Å². The van der Waals surface area contributed by atoms with E-state index in [-0.39, 0.29) is 5.88 Å². The third-order valence-electron chi connectivity index (χ3n) is 1.87. The molecular formula is C9H9ClF3N. The molecule has 0 spiro atoms. The largest absolute Gasteiger partial charge is 0.417 e. The lowest BCUT2D eigenvalue weighted by Gasteiger charge is -2.09. The molecule has 0 bridgehead atoms. The lowest BCUT2D eigenvalue weighted by atomic mass is 10.1. The summed E-state index contributed by atoms with van der Waals surface area (Å²) in [5.41, 5.74) is 0.322. The van der Waals surface area contributed by atoms with Gasteiger partial charge in [-0.15, -0.1) is 11.6 Å². The monoisotopic (exact) mass is 223 g/mol. The maximum absolute atomic E-state index is 12.3. The van der Waals surface area contributed by atoms with Gasteiger partial charge in [-0.3, -0.25) is 4.98 Å². The van der Waals surface area contributed by atoms with E-state index >= 15 is 0 Å². The Bertz CT molecular complexity index is 322. The summed E-state index contributed by atoms with van der Waals surface area (Å²) in [6, 6.07) is 1.05. The highest BCUT2D eigenvalue weighted by Crippen LogP contribution is 2.30. The number of rotatable bonds is 2. The first kappa shape index (κ1) is 11.3. The maximum atomic E-state index is 12.3. The normalized spacial score (nSPS) is 11.8. The van der Waals surface area contributed by atoms with Gasteiger partial charge in [0.2, 0.25) is 0 Å². The van der Waals surface area contributed by atoms with Crippen LogP contribution < -0.4 is 0 Å². The Morgan fingerprint density at radius 1 is 1.43 bits per heavy atom. The highest BCUT2D eigenvalue weighted by molar-refractivity contribution is 6.17. The van der Waals surface area contributed by atoms with Gasteiger partial charge in [-0.1, -0.05) is 6.92 Å². The number of halogens is 4. The van der Waals surface area contributed by atoms with Gasteiger partial charge in [0.05, 0.1) is 5.56 Å². The molecule has 0 amide bonds. The van der Waals surface area contributed by atoms with Crippen LogP contribution in [0.15, 0.2) is 12.3 Å². The molecule has 1 aromatic heterocycles. The molecule has 78 valence electrons. The molecule has 0 unspecified atom stereocenters. The molecule has 0 aliphatic heterocycles. The first-order valence-electron chi connectivity index (χ1n) is 4.10.